The Morgan fingerprint density at radius 1 is 1.65 bits per heavy atom. The molecule has 6 atom stereocenters. The number of hydrogen-bond donors (Lipinski definition) is 2. The zero-order valence-electron chi connectivity index (χ0n) is 12.2. The van der Waals surface area contributed by atoms with E-state index in [0.29, 0.717) is 5.92 Å². The summed E-state index contributed by atoms with van der Waals surface area (Å²) in [6, 6.07) is 0.154. The lowest BCUT2D eigenvalue weighted by Gasteiger charge is -2.37. The summed E-state index contributed by atoms with van der Waals surface area (Å²) in [7, 11) is 0. The monoisotopic (exact) mass is 280 g/mol. The number of esters is 1. The maximum absolute atomic E-state index is 12.1. The van der Waals surface area contributed by atoms with Gasteiger partial charge < -0.3 is 15.8 Å². The van der Waals surface area contributed by atoms with E-state index in [4.69, 9.17) is 10.5 Å². The molecule has 0 aromatic heterocycles. The first-order chi connectivity index (χ1) is 9.47. The van der Waals surface area contributed by atoms with E-state index < -0.39 is 6.10 Å². The van der Waals surface area contributed by atoms with E-state index in [-0.39, 0.29) is 35.8 Å². The van der Waals surface area contributed by atoms with Crippen LogP contribution in [0.15, 0.2) is 12.7 Å². The van der Waals surface area contributed by atoms with Gasteiger partial charge in [0.05, 0.1) is 0 Å². The van der Waals surface area contributed by atoms with E-state index in [2.05, 4.69) is 11.9 Å². The Kier molecular flexibility index (Phi) is 4.48. The van der Waals surface area contributed by atoms with Crippen molar-refractivity contribution in [3.8, 4) is 0 Å². The molecule has 0 aromatic rings. The summed E-state index contributed by atoms with van der Waals surface area (Å²) in [5.41, 5.74) is 5.80. The third-order valence-corrected chi connectivity index (χ3v) is 4.48. The van der Waals surface area contributed by atoms with Crippen LogP contribution >= 0.6 is 0 Å². The molecule has 0 spiro atoms. The molecule has 3 N–H and O–H groups in total. The Labute approximate surface area is 119 Å². The fraction of sp³-hybridized carbons (Fsp3) is 0.733. The number of nitrogens with two attached hydrogens (primary N) is 1. The van der Waals surface area contributed by atoms with Crippen molar-refractivity contribution in [1.29, 1.82) is 0 Å². The number of cyclic esters (lactones) is 1. The van der Waals surface area contributed by atoms with Crippen LogP contribution in [0.5, 0.6) is 0 Å². The van der Waals surface area contributed by atoms with Gasteiger partial charge in [-0.15, -0.1) is 6.58 Å². The Morgan fingerprint density at radius 3 is 2.90 bits per heavy atom. The molecule has 1 saturated carbocycles. The molecule has 20 heavy (non-hydrogen) atoms. The quantitative estimate of drug-likeness (QED) is 0.538. The zero-order chi connectivity index (χ0) is 14.9. The minimum Gasteiger partial charge on any atom is -0.451 e. The van der Waals surface area contributed by atoms with Crippen molar-refractivity contribution in [3.05, 3.63) is 12.7 Å². The van der Waals surface area contributed by atoms with Gasteiger partial charge in [0.2, 0.25) is 0 Å². The number of ether oxygens (including phenoxy) is 1. The molecule has 0 unspecified atom stereocenters. The van der Waals surface area contributed by atoms with Gasteiger partial charge >= 0.3 is 5.97 Å². The second-order valence-corrected chi connectivity index (χ2v) is 6.01. The van der Waals surface area contributed by atoms with Gasteiger partial charge in [0.1, 0.15) is 5.92 Å². The zero-order valence-corrected chi connectivity index (χ0v) is 12.2. The summed E-state index contributed by atoms with van der Waals surface area (Å²) >= 11 is 0. The first-order valence-electron chi connectivity index (χ1n) is 7.36. The van der Waals surface area contributed by atoms with Gasteiger partial charge in [-0.3, -0.25) is 9.59 Å². The van der Waals surface area contributed by atoms with Crippen LogP contribution in [0.3, 0.4) is 0 Å². The minimum atomic E-state index is -0.605. The van der Waals surface area contributed by atoms with Crippen LogP contribution in [0, 0.1) is 17.8 Å². The highest BCUT2D eigenvalue weighted by Gasteiger charge is 2.51. The van der Waals surface area contributed by atoms with Crippen molar-refractivity contribution < 1.29 is 14.3 Å². The summed E-state index contributed by atoms with van der Waals surface area (Å²) in [6.45, 7) is 7.65. The van der Waals surface area contributed by atoms with Crippen LogP contribution in [0.25, 0.3) is 0 Å². The maximum Gasteiger partial charge on any atom is 0.314 e. The Balaban J connectivity index is 1.79. The standard InChI is InChI=1S/C15H24N2O3/c1-4-8(3)12-13(20-15(12)19)14(18)17-11-7-9(11)6-10(16)5-2/h5,8-13H,2,4,6-7,16H2,1,3H3,(H,17,18)/t8-,9+,10+,11-,12-,13+/m0/s1. The third-order valence-electron chi connectivity index (χ3n) is 4.48. The van der Waals surface area contributed by atoms with E-state index in [1.54, 1.807) is 6.08 Å². The van der Waals surface area contributed by atoms with Crippen molar-refractivity contribution >= 4 is 11.9 Å². The topological polar surface area (TPSA) is 81.4 Å². The summed E-state index contributed by atoms with van der Waals surface area (Å²) < 4.78 is 5.01. The minimum absolute atomic E-state index is 0.0173. The van der Waals surface area contributed by atoms with Crippen LogP contribution < -0.4 is 11.1 Å². The summed E-state index contributed by atoms with van der Waals surface area (Å²) in [5, 5.41) is 2.96. The van der Waals surface area contributed by atoms with E-state index >= 15 is 0 Å². The average Bonchev–Trinajstić information content (AvgIpc) is 3.12. The molecule has 5 heteroatoms. The first kappa shape index (κ1) is 15.0. The predicted octanol–water partition coefficient (Wildman–Crippen LogP) is 0.982. The molecule has 2 fully saturated rings. The molecule has 1 heterocycles. The molecule has 0 aromatic carbocycles. The fourth-order valence-corrected chi connectivity index (χ4v) is 2.73. The van der Waals surface area contributed by atoms with E-state index in [0.717, 1.165) is 19.3 Å². The second kappa shape index (κ2) is 5.95. The summed E-state index contributed by atoms with van der Waals surface area (Å²) in [6.07, 6.45) is 3.77. The molecular weight excluding hydrogens is 256 g/mol. The van der Waals surface area contributed by atoms with E-state index in [9.17, 15) is 9.59 Å². The smallest absolute Gasteiger partial charge is 0.314 e. The molecule has 1 saturated heterocycles. The number of carbonyl (C=O) groups excluding carboxylic acids is 2. The fourth-order valence-electron chi connectivity index (χ4n) is 2.73. The van der Waals surface area contributed by atoms with Gasteiger partial charge in [-0.05, 0) is 24.7 Å². The first-order valence-corrected chi connectivity index (χ1v) is 7.36. The van der Waals surface area contributed by atoms with Gasteiger partial charge in [-0.2, -0.15) is 0 Å². The van der Waals surface area contributed by atoms with Crippen LogP contribution in [-0.2, 0) is 14.3 Å². The van der Waals surface area contributed by atoms with E-state index in [1.165, 1.54) is 0 Å². The molecule has 112 valence electrons. The predicted molar refractivity (Wildman–Crippen MR) is 75.7 cm³/mol. The van der Waals surface area contributed by atoms with Crippen LogP contribution in [-0.4, -0.2) is 30.1 Å². The molecule has 1 aliphatic heterocycles. The van der Waals surface area contributed by atoms with Crippen molar-refractivity contribution in [2.75, 3.05) is 0 Å². The molecule has 2 rings (SSSR count). The normalized spacial score (nSPS) is 34.5. The molecule has 0 radical (unpaired) electrons. The molecule has 0 bridgehead atoms. The number of nitrogens with one attached hydrogen (secondary N) is 1. The average molecular weight is 280 g/mol. The van der Waals surface area contributed by atoms with Crippen LogP contribution in [0.2, 0.25) is 0 Å². The lowest BCUT2D eigenvalue weighted by molar-refractivity contribution is -0.193. The van der Waals surface area contributed by atoms with Crippen molar-refractivity contribution in [3.63, 3.8) is 0 Å². The highest BCUT2D eigenvalue weighted by atomic mass is 16.6. The van der Waals surface area contributed by atoms with Crippen molar-refractivity contribution in [2.45, 2.75) is 51.3 Å². The Hall–Kier alpha value is -1.36. The Morgan fingerprint density at radius 2 is 2.35 bits per heavy atom. The molecule has 5 nitrogen and oxygen atoms in total. The summed E-state index contributed by atoms with van der Waals surface area (Å²) in [5.74, 6) is -0.0938. The highest BCUT2D eigenvalue weighted by molar-refractivity contribution is 5.94. The summed E-state index contributed by atoms with van der Waals surface area (Å²) in [4.78, 5) is 23.6. The SMILES string of the molecule is C=C[C@@H](N)C[C@@H]1C[C@@H]1NC(=O)[C@@H]1OC(=O)[C@H]1[C@@H](C)CC. The molecule has 2 aliphatic rings. The van der Waals surface area contributed by atoms with Gasteiger partial charge in [-0.25, -0.2) is 0 Å². The van der Waals surface area contributed by atoms with Crippen molar-refractivity contribution in [2.24, 2.45) is 23.5 Å². The second-order valence-electron chi connectivity index (χ2n) is 6.01. The highest BCUT2D eigenvalue weighted by Crippen LogP contribution is 2.36. The largest absolute Gasteiger partial charge is 0.451 e. The number of amides is 1. The number of rotatable bonds is 7. The Bertz CT molecular complexity index is 410. The molecule has 1 amide bonds. The molecule has 1 aliphatic carbocycles. The number of hydrogen-bond acceptors (Lipinski definition) is 4. The van der Waals surface area contributed by atoms with Gasteiger partial charge in [0.15, 0.2) is 6.10 Å². The molecular formula is C15H24N2O3. The van der Waals surface area contributed by atoms with E-state index in [1.807, 2.05) is 13.8 Å². The lowest BCUT2D eigenvalue weighted by Crippen LogP contribution is -2.56. The number of carbonyl (C=O) groups is 2. The van der Waals surface area contributed by atoms with Gasteiger partial charge in [0, 0.05) is 12.1 Å². The van der Waals surface area contributed by atoms with Gasteiger partial charge in [-0.1, -0.05) is 26.3 Å². The van der Waals surface area contributed by atoms with Crippen molar-refractivity contribution in [1.82, 2.24) is 5.32 Å². The third kappa shape index (κ3) is 3.03. The van der Waals surface area contributed by atoms with Gasteiger partial charge in [0.25, 0.3) is 5.91 Å². The van der Waals surface area contributed by atoms with Crippen LogP contribution in [0.1, 0.15) is 33.1 Å². The van der Waals surface area contributed by atoms with Crippen LogP contribution in [0.4, 0.5) is 0 Å². The lowest BCUT2D eigenvalue weighted by atomic mass is 9.83. The maximum atomic E-state index is 12.1.